The molecule has 0 aromatic carbocycles. The summed E-state index contributed by atoms with van der Waals surface area (Å²) in [6, 6.07) is 0.440. The highest BCUT2D eigenvalue weighted by molar-refractivity contribution is 4.84. The minimum atomic E-state index is 0.440. The van der Waals surface area contributed by atoms with E-state index in [1.54, 1.807) is 0 Å². The first kappa shape index (κ1) is 12.4. The highest BCUT2D eigenvalue weighted by Crippen LogP contribution is 2.29. The Balaban J connectivity index is 1.74. The van der Waals surface area contributed by atoms with Crippen molar-refractivity contribution in [2.45, 2.75) is 57.9 Å². The van der Waals surface area contributed by atoms with Crippen molar-refractivity contribution in [2.75, 3.05) is 19.6 Å². The van der Waals surface area contributed by atoms with Gasteiger partial charge in [0.2, 0.25) is 0 Å². The molecule has 2 fully saturated rings. The zero-order chi connectivity index (χ0) is 11.4. The minimum Gasteiger partial charge on any atom is -0.327 e. The number of hydrogen-bond acceptors (Lipinski definition) is 2. The predicted molar refractivity (Wildman–Crippen MR) is 69.4 cm³/mol. The zero-order valence-electron chi connectivity index (χ0n) is 10.8. The third kappa shape index (κ3) is 3.46. The fourth-order valence-electron chi connectivity index (χ4n) is 3.24. The van der Waals surface area contributed by atoms with E-state index in [1.807, 2.05) is 0 Å². The standard InChI is InChI=1S/C14H28N2/c1-2-3-5-13-8-14(15)11-16(10-13)9-12-6-4-7-12/h12-14H,2-11,15H2,1H3. The Kier molecular flexibility index (Phi) is 4.66. The summed E-state index contributed by atoms with van der Waals surface area (Å²) in [7, 11) is 0. The van der Waals surface area contributed by atoms with Crippen molar-refractivity contribution in [3.05, 3.63) is 0 Å². The van der Waals surface area contributed by atoms with Gasteiger partial charge in [-0.05, 0) is 37.5 Å². The van der Waals surface area contributed by atoms with Crippen LogP contribution in [0.1, 0.15) is 51.9 Å². The van der Waals surface area contributed by atoms with E-state index in [4.69, 9.17) is 5.73 Å². The van der Waals surface area contributed by atoms with E-state index in [2.05, 4.69) is 11.8 Å². The minimum absolute atomic E-state index is 0.440. The summed E-state index contributed by atoms with van der Waals surface area (Å²) in [6.45, 7) is 6.09. The first-order valence-electron chi connectivity index (χ1n) is 7.26. The van der Waals surface area contributed by atoms with E-state index >= 15 is 0 Å². The van der Waals surface area contributed by atoms with Gasteiger partial charge < -0.3 is 10.6 Å². The molecule has 0 spiro atoms. The summed E-state index contributed by atoms with van der Waals surface area (Å²) in [6.07, 6.45) is 9.76. The van der Waals surface area contributed by atoms with Crippen LogP contribution in [0.4, 0.5) is 0 Å². The van der Waals surface area contributed by atoms with Crippen LogP contribution in [0.15, 0.2) is 0 Å². The number of unbranched alkanes of at least 4 members (excludes halogenated alkanes) is 1. The summed E-state index contributed by atoms with van der Waals surface area (Å²) in [4.78, 5) is 2.65. The lowest BCUT2D eigenvalue weighted by Gasteiger charge is -2.40. The van der Waals surface area contributed by atoms with Crippen LogP contribution in [0.25, 0.3) is 0 Å². The smallest absolute Gasteiger partial charge is 0.0170 e. The molecule has 1 aliphatic heterocycles. The van der Waals surface area contributed by atoms with Gasteiger partial charge in [0.1, 0.15) is 0 Å². The number of hydrogen-bond donors (Lipinski definition) is 1. The molecule has 0 radical (unpaired) electrons. The van der Waals surface area contributed by atoms with Gasteiger partial charge in [0, 0.05) is 25.7 Å². The quantitative estimate of drug-likeness (QED) is 0.778. The van der Waals surface area contributed by atoms with Crippen molar-refractivity contribution in [3.63, 3.8) is 0 Å². The molecule has 2 aliphatic rings. The lowest BCUT2D eigenvalue weighted by Crippen LogP contribution is -2.49. The normalized spacial score (nSPS) is 32.6. The molecule has 1 aliphatic carbocycles. The van der Waals surface area contributed by atoms with Gasteiger partial charge in [-0.3, -0.25) is 0 Å². The summed E-state index contributed by atoms with van der Waals surface area (Å²) >= 11 is 0. The average molecular weight is 224 g/mol. The molecular weight excluding hydrogens is 196 g/mol. The first-order chi connectivity index (χ1) is 7.78. The van der Waals surface area contributed by atoms with Crippen LogP contribution < -0.4 is 5.73 Å². The van der Waals surface area contributed by atoms with E-state index in [-0.39, 0.29) is 0 Å². The van der Waals surface area contributed by atoms with Crippen LogP contribution in [0.3, 0.4) is 0 Å². The van der Waals surface area contributed by atoms with Crippen molar-refractivity contribution in [1.29, 1.82) is 0 Å². The first-order valence-corrected chi connectivity index (χ1v) is 7.26. The highest BCUT2D eigenvalue weighted by Gasteiger charge is 2.27. The monoisotopic (exact) mass is 224 g/mol. The van der Waals surface area contributed by atoms with E-state index in [1.165, 1.54) is 58.0 Å². The molecule has 1 saturated heterocycles. The summed E-state index contributed by atoms with van der Waals surface area (Å²) in [5, 5.41) is 0. The Morgan fingerprint density at radius 3 is 2.62 bits per heavy atom. The molecule has 0 amide bonds. The van der Waals surface area contributed by atoms with Gasteiger partial charge in [-0.25, -0.2) is 0 Å². The molecule has 2 unspecified atom stereocenters. The van der Waals surface area contributed by atoms with Crippen LogP contribution in [-0.2, 0) is 0 Å². The number of rotatable bonds is 5. The average Bonchev–Trinajstić information content (AvgIpc) is 2.20. The molecule has 0 bridgehead atoms. The third-order valence-electron chi connectivity index (χ3n) is 4.35. The molecule has 16 heavy (non-hydrogen) atoms. The Bertz CT molecular complexity index is 201. The SMILES string of the molecule is CCCCC1CC(N)CN(CC2CCC2)C1. The Labute approximate surface area is 101 Å². The molecule has 2 N–H and O–H groups in total. The van der Waals surface area contributed by atoms with Crippen molar-refractivity contribution in [2.24, 2.45) is 17.6 Å². The van der Waals surface area contributed by atoms with Crippen LogP contribution >= 0.6 is 0 Å². The topological polar surface area (TPSA) is 29.3 Å². The van der Waals surface area contributed by atoms with Crippen molar-refractivity contribution in [1.82, 2.24) is 4.90 Å². The Hall–Kier alpha value is -0.0800. The second-order valence-electron chi connectivity index (χ2n) is 6.02. The van der Waals surface area contributed by atoms with Crippen molar-refractivity contribution < 1.29 is 0 Å². The summed E-state index contributed by atoms with van der Waals surface area (Å²) in [5.74, 6) is 1.88. The molecule has 94 valence electrons. The molecule has 2 heteroatoms. The molecule has 2 nitrogen and oxygen atoms in total. The second kappa shape index (κ2) is 6.02. The summed E-state index contributed by atoms with van der Waals surface area (Å²) in [5.41, 5.74) is 6.18. The van der Waals surface area contributed by atoms with Gasteiger partial charge in [0.25, 0.3) is 0 Å². The fraction of sp³-hybridized carbons (Fsp3) is 1.00. The zero-order valence-corrected chi connectivity index (χ0v) is 10.8. The number of nitrogens with two attached hydrogens (primary N) is 1. The molecule has 2 atom stereocenters. The molecule has 1 saturated carbocycles. The molecule has 2 rings (SSSR count). The van der Waals surface area contributed by atoms with E-state index in [0.29, 0.717) is 6.04 Å². The Morgan fingerprint density at radius 1 is 1.19 bits per heavy atom. The van der Waals surface area contributed by atoms with Crippen molar-refractivity contribution in [3.8, 4) is 0 Å². The number of nitrogens with zero attached hydrogens (tertiary/aromatic N) is 1. The lowest BCUT2D eigenvalue weighted by molar-refractivity contribution is 0.108. The largest absolute Gasteiger partial charge is 0.327 e. The third-order valence-corrected chi connectivity index (χ3v) is 4.35. The van der Waals surface area contributed by atoms with Gasteiger partial charge in [-0.15, -0.1) is 0 Å². The fourth-order valence-corrected chi connectivity index (χ4v) is 3.24. The van der Waals surface area contributed by atoms with Gasteiger partial charge in [0.05, 0.1) is 0 Å². The highest BCUT2D eigenvalue weighted by atomic mass is 15.2. The molecule has 0 aromatic rings. The number of likely N-dealkylation sites (tertiary alicyclic amines) is 1. The van der Waals surface area contributed by atoms with E-state index < -0.39 is 0 Å². The van der Waals surface area contributed by atoms with Gasteiger partial charge in [-0.2, -0.15) is 0 Å². The maximum Gasteiger partial charge on any atom is 0.0170 e. The van der Waals surface area contributed by atoms with Crippen LogP contribution in [0.2, 0.25) is 0 Å². The predicted octanol–water partition coefficient (Wildman–Crippen LogP) is 2.63. The van der Waals surface area contributed by atoms with Crippen LogP contribution in [-0.4, -0.2) is 30.6 Å². The molecular formula is C14H28N2. The van der Waals surface area contributed by atoms with Crippen LogP contribution in [0, 0.1) is 11.8 Å². The van der Waals surface area contributed by atoms with Gasteiger partial charge >= 0.3 is 0 Å². The molecule has 1 heterocycles. The van der Waals surface area contributed by atoms with Gasteiger partial charge in [-0.1, -0.05) is 26.2 Å². The van der Waals surface area contributed by atoms with Crippen LogP contribution in [0.5, 0.6) is 0 Å². The van der Waals surface area contributed by atoms with Crippen molar-refractivity contribution >= 4 is 0 Å². The number of piperidine rings is 1. The maximum atomic E-state index is 6.18. The maximum absolute atomic E-state index is 6.18. The lowest BCUT2D eigenvalue weighted by atomic mass is 9.83. The van der Waals surface area contributed by atoms with Gasteiger partial charge in [0.15, 0.2) is 0 Å². The molecule has 0 aromatic heterocycles. The second-order valence-corrected chi connectivity index (χ2v) is 6.02. The Morgan fingerprint density at radius 2 is 2.00 bits per heavy atom. The van der Waals surface area contributed by atoms with E-state index in [0.717, 1.165) is 18.4 Å². The van der Waals surface area contributed by atoms with E-state index in [9.17, 15) is 0 Å². The summed E-state index contributed by atoms with van der Waals surface area (Å²) < 4.78 is 0.